The van der Waals surface area contributed by atoms with Crippen molar-refractivity contribution in [3.05, 3.63) is 24.5 Å². The van der Waals surface area contributed by atoms with Gasteiger partial charge in [-0.05, 0) is 6.07 Å². The lowest BCUT2D eigenvalue weighted by Gasteiger charge is -1.95. The summed E-state index contributed by atoms with van der Waals surface area (Å²) in [7, 11) is 1.03. The molecule has 0 radical (unpaired) electrons. The molecule has 2 heterocycles. The first-order valence-electron chi connectivity index (χ1n) is 4.02. The maximum absolute atomic E-state index is 5.55. The molecular weight excluding hydrogens is 149 g/mol. The van der Waals surface area contributed by atoms with Gasteiger partial charge in [0, 0.05) is 6.20 Å². The Bertz CT molecular complexity index is 408. The van der Waals surface area contributed by atoms with Crippen molar-refractivity contribution in [2.45, 2.75) is 6.82 Å². The first-order chi connectivity index (χ1) is 5.79. The van der Waals surface area contributed by atoms with Crippen LogP contribution in [0.2, 0.25) is 6.82 Å². The van der Waals surface area contributed by atoms with Gasteiger partial charge in [-0.2, -0.15) is 0 Å². The van der Waals surface area contributed by atoms with Crippen LogP contribution in [0.15, 0.2) is 24.5 Å². The van der Waals surface area contributed by atoms with Gasteiger partial charge in [-0.15, -0.1) is 0 Å². The number of nitrogens with two attached hydrogens (primary N) is 1. The van der Waals surface area contributed by atoms with Gasteiger partial charge in [0.2, 0.25) is 0 Å². The highest BCUT2D eigenvalue weighted by atomic mass is 15.0. The molecule has 2 N–H and O–H groups in total. The van der Waals surface area contributed by atoms with Crippen molar-refractivity contribution < 1.29 is 0 Å². The standard InChI is InChI=1S/C8H10BN3/c1-9-6-2-3-12-5-7(10)11-8(12)4-6/h2-5,9H,10H2,1H3. The number of pyridine rings is 1. The summed E-state index contributed by atoms with van der Waals surface area (Å²) in [6.07, 6.45) is 3.80. The second kappa shape index (κ2) is 2.55. The van der Waals surface area contributed by atoms with Gasteiger partial charge in [0.15, 0.2) is 7.28 Å². The third-order valence-corrected chi connectivity index (χ3v) is 1.95. The predicted molar refractivity (Wildman–Crippen MR) is 52.3 cm³/mol. The Balaban J connectivity index is 2.66. The zero-order chi connectivity index (χ0) is 8.55. The molecule has 0 amide bonds. The monoisotopic (exact) mass is 159 g/mol. The molecule has 0 aromatic carbocycles. The van der Waals surface area contributed by atoms with Gasteiger partial charge in [-0.25, -0.2) is 4.98 Å². The molecule has 2 rings (SSSR count). The molecular formula is C8H10BN3. The van der Waals surface area contributed by atoms with Crippen LogP contribution in [0.1, 0.15) is 0 Å². The number of imidazole rings is 1. The SMILES string of the molecule is CBc1ccn2cc(N)nc2c1. The van der Waals surface area contributed by atoms with E-state index < -0.39 is 0 Å². The number of hydrogen-bond acceptors (Lipinski definition) is 2. The number of fused-ring (bicyclic) bond motifs is 1. The second-order valence-corrected chi connectivity index (χ2v) is 2.82. The van der Waals surface area contributed by atoms with Gasteiger partial charge in [0.25, 0.3) is 0 Å². The molecule has 0 aliphatic carbocycles. The summed E-state index contributed by atoms with van der Waals surface area (Å²) < 4.78 is 1.93. The molecule has 0 aliphatic heterocycles. The minimum atomic E-state index is 0.572. The Kier molecular flexibility index (Phi) is 1.53. The van der Waals surface area contributed by atoms with Crippen LogP contribution in [0.5, 0.6) is 0 Å². The number of hydrogen-bond donors (Lipinski definition) is 1. The highest BCUT2D eigenvalue weighted by Gasteiger charge is 1.97. The van der Waals surface area contributed by atoms with Crippen LogP contribution in [-0.4, -0.2) is 16.7 Å². The number of anilines is 1. The van der Waals surface area contributed by atoms with Crippen molar-refractivity contribution in [3.8, 4) is 0 Å². The minimum absolute atomic E-state index is 0.572. The Morgan fingerprint density at radius 3 is 3.17 bits per heavy atom. The van der Waals surface area contributed by atoms with Crippen LogP contribution in [0.3, 0.4) is 0 Å². The molecule has 3 nitrogen and oxygen atoms in total. The molecule has 0 unspecified atom stereocenters. The van der Waals surface area contributed by atoms with Crippen LogP contribution in [0.25, 0.3) is 5.65 Å². The second-order valence-electron chi connectivity index (χ2n) is 2.82. The van der Waals surface area contributed by atoms with E-state index in [4.69, 9.17) is 5.73 Å². The number of nitrogen functional groups attached to an aromatic ring is 1. The highest BCUT2D eigenvalue weighted by Crippen LogP contribution is 2.03. The fourth-order valence-corrected chi connectivity index (χ4v) is 1.26. The first-order valence-corrected chi connectivity index (χ1v) is 4.02. The molecule has 60 valence electrons. The van der Waals surface area contributed by atoms with Crippen LogP contribution >= 0.6 is 0 Å². The van der Waals surface area contributed by atoms with E-state index in [1.807, 2.05) is 16.8 Å². The fraction of sp³-hybridized carbons (Fsp3) is 0.125. The van der Waals surface area contributed by atoms with Crippen LogP contribution in [-0.2, 0) is 0 Å². The summed E-state index contributed by atoms with van der Waals surface area (Å²) in [6.45, 7) is 2.12. The van der Waals surface area contributed by atoms with Crippen molar-refractivity contribution in [3.63, 3.8) is 0 Å². The lowest BCUT2D eigenvalue weighted by Crippen LogP contribution is -2.10. The Hall–Kier alpha value is -1.45. The van der Waals surface area contributed by atoms with Gasteiger partial charge in [-0.3, -0.25) is 0 Å². The third kappa shape index (κ3) is 1.05. The quantitative estimate of drug-likeness (QED) is 0.596. The van der Waals surface area contributed by atoms with Crippen LogP contribution in [0, 0.1) is 0 Å². The molecule has 0 aliphatic rings. The van der Waals surface area contributed by atoms with E-state index >= 15 is 0 Å². The van der Waals surface area contributed by atoms with Crippen molar-refractivity contribution in [1.29, 1.82) is 0 Å². The predicted octanol–water partition coefficient (Wildman–Crippen LogP) is 0.0264. The number of aromatic nitrogens is 2. The summed E-state index contributed by atoms with van der Waals surface area (Å²) in [4.78, 5) is 4.16. The van der Waals surface area contributed by atoms with E-state index in [9.17, 15) is 0 Å². The van der Waals surface area contributed by atoms with E-state index in [0.717, 1.165) is 12.9 Å². The van der Waals surface area contributed by atoms with Gasteiger partial charge >= 0.3 is 0 Å². The summed E-state index contributed by atoms with van der Waals surface area (Å²) >= 11 is 0. The van der Waals surface area contributed by atoms with Gasteiger partial charge in [-0.1, -0.05) is 18.4 Å². The zero-order valence-corrected chi connectivity index (χ0v) is 6.99. The lowest BCUT2D eigenvalue weighted by atomic mass is 9.74. The largest absolute Gasteiger partial charge is 0.382 e. The van der Waals surface area contributed by atoms with Crippen molar-refractivity contribution in [2.75, 3.05) is 5.73 Å². The maximum Gasteiger partial charge on any atom is 0.154 e. The highest BCUT2D eigenvalue weighted by molar-refractivity contribution is 6.52. The van der Waals surface area contributed by atoms with Crippen LogP contribution in [0.4, 0.5) is 5.82 Å². The fourth-order valence-electron chi connectivity index (χ4n) is 1.26. The van der Waals surface area contributed by atoms with Gasteiger partial charge in [0.05, 0.1) is 6.20 Å². The lowest BCUT2D eigenvalue weighted by molar-refractivity contribution is 1.19. The molecule has 0 fully saturated rings. The third-order valence-electron chi connectivity index (χ3n) is 1.95. The molecule has 0 bridgehead atoms. The smallest absolute Gasteiger partial charge is 0.154 e. The maximum atomic E-state index is 5.55. The van der Waals surface area contributed by atoms with E-state index in [1.165, 1.54) is 5.46 Å². The molecule has 12 heavy (non-hydrogen) atoms. The molecule has 0 spiro atoms. The number of rotatable bonds is 1. The number of nitrogens with zero attached hydrogens (tertiary/aromatic N) is 2. The van der Waals surface area contributed by atoms with Crippen molar-refractivity contribution in [1.82, 2.24) is 9.38 Å². The Morgan fingerprint density at radius 2 is 2.42 bits per heavy atom. The summed E-state index contributed by atoms with van der Waals surface area (Å²) in [5, 5.41) is 0. The van der Waals surface area contributed by atoms with Crippen molar-refractivity contribution >= 4 is 24.2 Å². The van der Waals surface area contributed by atoms with Gasteiger partial charge in [0.1, 0.15) is 11.5 Å². The Labute approximate surface area is 71.5 Å². The molecule has 0 atom stereocenters. The molecule has 2 aromatic rings. The Morgan fingerprint density at radius 1 is 1.58 bits per heavy atom. The van der Waals surface area contributed by atoms with Crippen molar-refractivity contribution in [2.24, 2.45) is 0 Å². The summed E-state index contributed by atoms with van der Waals surface area (Å²) in [5.41, 5.74) is 7.76. The van der Waals surface area contributed by atoms with E-state index in [-0.39, 0.29) is 0 Å². The normalized spacial score (nSPS) is 10.4. The van der Waals surface area contributed by atoms with Crippen LogP contribution < -0.4 is 11.2 Å². The summed E-state index contributed by atoms with van der Waals surface area (Å²) in [5.74, 6) is 0.572. The average molecular weight is 159 g/mol. The topological polar surface area (TPSA) is 43.3 Å². The molecule has 4 heteroatoms. The van der Waals surface area contributed by atoms with Gasteiger partial charge < -0.3 is 10.1 Å². The average Bonchev–Trinajstić information content (AvgIpc) is 2.43. The zero-order valence-electron chi connectivity index (χ0n) is 6.99. The molecule has 2 aromatic heterocycles. The van der Waals surface area contributed by atoms with E-state index in [0.29, 0.717) is 5.82 Å². The molecule has 0 saturated heterocycles. The first kappa shape index (κ1) is 7.22. The summed E-state index contributed by atoms with van der Waals surface area (Å²) in [6, 6.07) is 4.13. The molecule has 0 saturated carbocycles. The van der Waals surface area contributed by atoms with E-state index in [2.05, 4.69) is 23.9 Å². The van der Waals surface area contributed by atoms with E-state index in [1.54, 1.807) is 0 Å². The minimum Gasteiger partial charge on any atom is -0.382 e.